The van der Waals surface area contributed by atoms with Gasteiger partial charge in [0.05, 0.1) is 6.61 Å². The molecule has 0 aromatic heterocycles. The molecule has 1 atom stereocenters. The molecule has 0 saturated heterocycles. The van der Waals surface area contributed by atoms with Crippen molar-refractivity contribution in [3.63, 3.8) is 0 Å². The minimum atomic E-state index is -1.18. The molecule has 1 N–H and O–H groups in total. The monoisotopic (exact) mass is 240 g/mol. The van der Waals surface area contributed by atoms with Gasteiger partial charge in [-0.05, 0) is 43.4 Å². The summed E-state index contributed by atoms with van der Waals surface area (Å²) in [6.45, 7) is 3.86. The molecule has 1 rings (SSSR count). The number of aryl methyl sites for hydroxylation is 1. The molecule has 1 aromatic rings. The van der Waals surface area contributed by atoms with Gasteiger partial charge in [-0.25, -0.2) is 4.79 Å². The lowest BCUT2D eigenvalue weighted by molar-refractivity contribution is -0.153. The number of carbonyl (C=O) groups is 1. The van der Waals surface area contributed by atoms with Crippen LogP contribution in [0, 0.1) is 6.92 Å². The second kappa shape index (κ2) is 5.92. The number of hydrogen-bond donors (Lipinski definition) is 1. The van der Waals surface area contributed by atoms with E-state index in [0.29, 0.717) is 5.56 Å². The van der Waals surface area contributed by atoms with Crippen molar-refractivity contribution in [1.29, 1.82) is 0 Å². The second-order valence-electron chi connectivity index (χ2n) is 3.38. The number of carbonyl (C=O) groups excluding carboxylic acids is 1. The van der Waals surface area contributed by atoms with E-state index in [9.17, 15) is 9.90 Å². The van der Waals surface area contributed by atoms with E-state index >= 15 is 0 Å². The fraction of sp³-hybridized carbons (Fsp3) is 0.417. The largest absolute Gasteiger partial charge is 0.464 e. The Morgan fingerprint density at radius 3 is 2.75 bits per heavy atom. The molecular weight excluding hydrogens is 224 g/mol. The molecule has 0 heterocycles. The van der Waals surface area contributed by atoms with E-state index in [2.05, 4.69) is 0 Å². The maximum Gasteiger partial charge on any atom is 0.339 e. The van der Waals surface area contributed by atoms with Crippen LogP contribution >= 0.6 is 11.8 Å². The van der Waals surface area contributed by atoms with E-state index in [4.69, 9.17) is 4.74 Å². The number of benzene rings is 1. The number of aliphatic hydroxyl groups is 1. The van der Waals surface area contributed by atoms with E-state index in [-0.39, 0.29) is 6.61 Å². The van der Waals surface area contributed by atoms with Gasteiger partial charge in [0.2, 0.25) is 0 Å². The molecule has 0 aliphatic heterocycles. The van der Waals surface area contributed by atoms with Crippen LogP contribution in [0.15, 0.2) is 23.1 Å². The lowest BCUT2D eigenvalue weighted by atomic mass is 10.0. The van der Waals surface area contributed by atoms with Crippen LogP contribution in [0.2, 0.25) is 0 Å². The van der Waals surface area contributed by atoms with Gasteiger partial charge in [0, 0.05) is 4.90 Å². The Hall–Kier alpha value is -1.00. The molecule has 0 bridgehead atoms. The predicted octanol–water partition coefficient (Wildman–Crippen LogP) is 2.31. The van der Waals surface area contributed by atoms with E-state index in [1.807, 2.05) is 25.3 Å². The summed E-state index contributed by atoms with van der Waals surface area (Å²) in [5.41, 5.74) is 1.50. The van der Waals surface area contributed by atoms with Crippen molar-refractivity contribution >= 4 is 17.7 Å². The Balaban J connectivity index is 2.91. The Labute approximate surface area is 99.8 Å². The van der Waals surface area contributed by atoms with E-state index < -0.39 is 12.1 Å². The summed E-state index contributed by atoms with van der Waals surface area (Å²) in [4.78, 5) is 12.5. The van der Waals surface area contributed by atoms with Gasteiger partial charge in [0.25, 0.3) is 0 Å². The zero-order chi connectivity index (χ0) is 12.1. The molecule has 0 amide bonds. The van der Waals surface area contributed by atoms with Crippen molar-refractivity contribution in [3.8, 4) is 0 Å². The van der Waals surface area contributed by atoms with Crippen LogP contribution in [0.4, 0.5) is 0 Å². The van der Waals surface area contributed by atoms with Crippen molar-refractivity contribution in [3.05, 3.63) is 29.3 Å². The highest BCUT2D eigenvalue weighted by atomic mass is 32.2. The summed E-state index contributed by atoms with van der Waals surface area (Å²) in [6, 6.07) is 5.60. The molecule has 1 aromatic carbocycles. The lowest BCUT2D eigenvalue weighted by Crippen LogP contribution is -2.16. The minimum absolute atomic E-state index is 0.276. The first-order valence-electron chi connectivity index (χ1n) is 5.09. The highest BCUT2D eigenvalue weighted by molar-refractivity contribution is 7.98. The Kier molecular flexibility index (Phi) is 4.83. The molecule has 3 nitrogen and oxygen atoms in total. The summed E-state index contributed by atoms with van der Waals surface area (Å²) in [5.74, 6) is -0.595. The van der Waals surface area contributed by atoms with Crippen LogP contribution < -0.4 is 0 Å². The normalized spacial score (nSPS) is 12.2. The number of thioether (sulfide) groups is 1. The standard InChI is InChI=1S/C12H16O3S/c1-4-15-12(14)11(13)10-6-5-9(16-3)7-8(10)2/h5-7,11,13H,4H2,1-3H3. The zero-order valence-corrected chi connectivity index (χ0v) is 10.5. The fourth-order valence-electron chi connectivity index (χ4n) is 1.43. The van der Waals surface area contributed by atoms with Crippen LogP contribution in [-0.2, 0) is 9.53 Å². The summed E-state index contributed by atoms with van der Waals surface area (Å²) in [5, 5.41) is 9.78. The summed E-state index contributed by atoms with van der Waals surface area (Å²) >= 11 is 1.62. The minimum Gasteiger partial charge on any atom is -0.464 e. The third-order valence-corrected chi connectivity index (χ3v) is 3.01. The molecule has 0 aliphatic rings. The van der Waals surface area contributed by atoms with Crippen molar-refractivity contribution < 1.29 is 14.6 Å². The zero-order valence-electron chi connectivity index (χ0n) is 9.69. The number of rotatable bonds is 4. The maximum absolute atomic E-state index is 11.4. The molecule has 0 fully saturated rings. The number of esters is 1. The highest BCUT2D eigenvalue weighted by Crippen LogP contribution is 2.24. The van der Waals surface area contributed by atoms with E-state index in [1.165, 1.54) is 0 Å². The predicted molar refractivity (Wildman–Crippen MR) is 64.6 cm³/mol. The molecule has 88 valence electrons. The summed E-state index contributed by atoms with van der Waals surface area (Å²) < 4.78 is 4.78. The van der Waals surface area contributed by atoms with Crippen LogP contribution in [0.25, 0.3) is 0 Å². The number of hydrogen-bond acceptors (Lipinski definition) is 4. The SMILES string of the molecule is CCOC(=O)C(O)c1ccc(SC)cc1C. The molecule has 0 aliphatic carbocycles. The fourth-order valence-corrected chi connectivity index (χ4v) is 1.93. The van der Waals surface area contributed by atoms with Crippen LogP contribution in [0.3, 0.4) is 0 Å². The van der Waals surface area contributed by atoms with Crippen molar-refractivity contribution in [2.75, 3.05) is 12.9 Å². The first kappa shape index (κ1) is 13.1. The third kappa shape index (κ3) is 3.00. The molecular formula is C12H16O3S. The highest BCUT2D eigenvalue weighted by Gasteiger charge is 2.20. The Morgan fingerprint density at radius 2 is 2.25 bits per heavy atom. The number of aliphatic hydroxyl groups excluding tert-OH is 1. The van der Waals surface area contributed by atoms with Crippen LogP contribution in [0.5, 0.6) is 0 Å². The Bertz CT molecular complexity index is 377. The van der Waals surface area contributed by atoms with Crippen molar-refractivity contribution in [2.45, 2.75) is 24.8 Å². The maximum atomic E-state index is 11.4. The van der Waals surface area contributed by atoms with E-state index in [1.54, 1.807) is 24.8 Å². The van der Waals surface area contributed by atoms with Gasteiger partial charge in [-0.3, -0.25) is 0 Å². The molecule has 4 heteroatoms. The van der Waals surface area contributed by atoms with Crippen LogP contribution in [-0.4, -0.2) is 23.9 Å². The lowest BCUT2D eigenvalue weighted by Gasteiger charge is -2.13. The average molecular weight is 240 g/mol. The molecule has 16 heavy (non-hydrogen) atoms. The second-order valence-corrected chi connectivity index (χ2v) is 4.26. The summed E-state index contributed by atoms with van der Waals surface area (Å²) in [7, 11) is 0. The number of ether oxygens (including phenoxy) is 1. The molecule has 0 radical (unpaired) electrons. The molecule has 0 spiro atoms. The Morgan fingerprint density at radius 1 is 1.56 bits per heavy atom. The van der Waals surface area contributed by atoms with Gasteiger partial charge < -0.3 is 9.84 Å². The van der Waals surface area contributed by atoms with Crippen molar-refractivity contribution in [2.24, 2.45) is 0 Å². The smallest absolute Gasteiger partial charge is 0.339 e. The third-order valence-electron chi connectivity index (χ3n) is 2.28. The first-order chi connectivity index (χ1) is 7.60. The van der Waals surface area contributed by atoms with Crippen molar-refractivity contribution in [1.82, 2.24) is 0 Å². The average Bonchev–Trinajstić information content (AvgIpc) is 2.28. The van der Waals surface area contributed by atoms with E-state index in [0.717, 1.165) is 10.5 Å². The molecule has 1 unspecified atom stereocenters. The topological polar surface area (TPSA) is 46.5 Å². The molecule has 0 saturated carbocycles. The van der Waals surface area contributed by atoms with Gasteiger partial charge in [-0.2, -0.15) is 0 Å². The first-order valence-corrected chi connectivity index (χ1v) is 6.31. The quantitative estimate of drug-likeness (QED) is 0.648. The van der Waals surface area contributed by atoms with Gasteiger partial charge in [0.1, 0.15) is 0 Å². The van der Waals surface area contributed by atoms with Crippen LogP contribution in [0.1, 0.15) is 24.2 Å². The van der Waals surface area contributed by atoms with Gasteiger partial charge in [-0.1, -0.05) is 6.07 Å². The van der Waals surface area contributed by atoms with Gasteiger partial charge in [0.15, 0.2) is 6.10 Å². The van der Waals surface area contributed by atoms with Gasteiger partial charge >= 0.3 is 5.97 Å². The van der Waals surface area contributed by atoms with Gasteiger partial charge in [-0.15, -0.1) is 11.8 Å². The summed E-state index contributed by atoms with van der Waals surface area (Å²) in [6.07, 6.45) is 0.798.